The molecule has 2 N–H and O–H groups in total. The molecule has 4 aromatic rings. The number of ether oxygens (including phenoxy) is 1. The van der Waals surface area contributed by atoms with E-state index >= 15 is 0 Å². The van der Waals surface area contributed by atoms with Gasteiger partial charge in [0.2, 0.25) is 5.91 Å². The quantitative estimate of drug-likeness (QED) is 0.257. The van der Waals surface area contributed by atoms with Crippen LogP contribution in [0, 0.1) is 6.92 Å². The van der Waals surface area contributed by atoms with Crippen molar-refractivity contribution in [3.8, 4) is 17.1 Å². The van der Waals surface area contributed by atoms with Crippen LogP contribution in [0.15, 0.2) is 89.5 Å². The molecule has 1 fully saturated rings. The van der Waals surface area contributed by atoms with Crippen molar-refractivity contribution >= 4 is 28.9 Å². The van der Waals surface area contributed by atoms with Crippen LogP contribution in [0.1, 0.15) is 42.4 Å². The Hall–Kier alpha value is -4.17. The molecule has 2 atom stereocenters. The molecule has 0 radical (unpaired) electrons. The first kappa shape index (κ1) is 25.5. The van der Waals surface area contributed by atoms with Gasteiger partial charge in [-0.3, -0.25) is 9.78 Å². The summed E-state index contributed by atoms with van der Waals surface area (Å²) in [6.45, 7) is 5.00. The minimum atomic E-state index is -0.263. The molecule has 1 saturated heterocycles. The number of hydrogen-bond acceptors (Lipinski definition) is 5. The van der Waals surface area contributed by atoms with Crippen LogP contribution in [-0.2, 0) is 4.79 Å². The van der Waals surface area contributed by atoms with Gasteiger partial charge in [0.15, 0.2) is 5.11 Å². The number of carbonyl (C=O) groups is 1. The van der Waals surface area contributed by atoms with Gasteiger partial charge in [0.25, 0.3) is 0 Å². The third-order valence-electron chi connectivity index (χ3n) is 6.45. The molecule has 1 amide bonds. The molecule has 2 aromatic heterocycles. The Kier molecular flexibility index (Phi) is 7.70. The van der Waals surface area contributed by atoms with Gasteiger partial charge in [-0.05, 0) is 92.3 Å². The molecule has 0 unspecified atom stereocenters. The first-order valence-electron chi connectivity index (χ1n) is 12.7. The van der Waals surface area contributed by atoms with E-state index in [0.717, 1.165) is 39.8 Å². The second-order valence-corrected chi connectivity index (χ2v) is 9.53. The summed E-state index contributed by atoms with van der Waals surface area (Å²) in [5, 5.41) is 6.95. The molecule has 1 aliphatic heterocycles. The van der Waals surface area contributed by atoms with E-state index in [9.17, 15) is 4.79 Å². The first-order valence-corrected chi connectivity index (χ1v) is 13.1. The SMILES string of the molecule is CCOc1ccc(-c2ccc([C@H]3[C@@H](c4ccccn4)NC(=S)N3CCC(=O)Nc3cccc(C)c3)o2)cc1. The lowest BCUT2D eigenvalue weighted by Crippen LogP contribution is -2.32. The molecule has 38 heavy (non-hydrogen) atoms. The van der Waals surface area contributed by atoms with Crippen molar-refractivity contribution in [2.45, 2.75) is 32.4 Å². The zero-order valence-corrected chi connectivity index (χ0v) is 22.2. The number of anilines is 1. The summed E-state index contributed by atoms with van der Waals surface area (Å²) in [6, 6.07) is 24.9. The highest BCUT2D eigenvalue weighted by Crippen LogP contribution is 2.40. The van der Waals surface area contributed by atoms with Crippen molar-refractivity contribution in [3.63, 3.8) is 0 Å². The van der Waals surface area contributed by atoms with Crippen molar-refractivity contribution < 1.29 is 13.9 Å². The minimum Gasteiger partial charge on any atom is -0.494 e. The van der Waals surface area contributed by atoms with Crippen molar-refractivity contribution in [3.05, 3.63) is 102 Å². The summed E-state index contributed by atoms with van der Waals surface area (Å²) < 4.78 is 12.0. The van der Waals surface area contributed by atoms with Crippen LogP contribution in [0.25, 0.3) is 11.3 Å². The molecule has 0 spiro atoms. The highest BCUT2D eigenvalue weighted by molar-refractivity contribution is 7.80. The van der Waals surface area contributed by atoms with Crippen LogP contribution in [0.5, 0.6) is 5.75 Å². The molecular weight excluding hydrogens is 496 g/mol. The van der Waals surface area contributed by atoms with Gasteiger partial charge in [-0.2, -0.15) is 0 Å². The van der Waals surface area contributed by atoms with Crippen LogP contribution in [-0.4, -0.2) is 34.1 Å². The highest BCUT2D eigenvalue weighted by atomic mass is 32.1. The predicted octanol–water partition coefficient (Wildman–Crippen LogP) is 6.05. The number of thiocarbonyl (C=S) groups is 1. The Morgan fingerprint density at radius 3 is 2.68 bits per heavy atom. The summed E-state index contributed by atoms with van der Waals surface area (Å²) in [6.07, 6.45) is 2.04. The van der Waals surface area contributed by atoms with Gasteiger partial charge in [0.1, 0.15) is 23.3 Å². The van der Waals surface area contributed by atoms with Gasteiger partial charge >= 0.3 is 0 Å². The van der Waals surface area contributed by atoms with Crippen molar-refractivity contribution in [1.29, 1.82) is 0 Å². The number of aryl methyl sites for hydroxylation is 1. The summed E-state index contributed by atoms with van der Waals surface area (Å²) in [4.78, 5) is 19.4. The molecule has 1 aliphatic rings. The topological polar surface area (TPSA) is 79.6 Å². The number of nitrogens with one attached hydrogen (secondary N) is 2. The fourth-order valence-corrected chi connectivity index (χ4v) is 5.00. The maximum absolute atomic E-state index is 12.8. The van der Waals surface area contributed by atoms with E-state index in [1.165, 1.54) is 0 Å². The van der Waals surface area contributed by atoms with E-state index in [4.69, 9.17) is 21.4 Å². The number of pyridine rings is 1. The lowest BCUT2D eigenvalue weighted by Gasteiger charge is -2.25. The van der Waals surface area contributed by atoms with Crippen LogP contribution < -0.4 is 15.4 Å². The van der Waals surface area contributed by atoms with Crippen LogP contribution in [0.3, 0.4) is 0 Å². The predicted molar refractivity (Wildman–Crippen MR) is 152 cm³/mol. The molecule has 8 heteroatoms. The van der Waals surface area contributed by atoms with Crippen LogP contribution in [0.2, 0.25) is 0 Å². The van der Waals surface area contributed by atoms with E-state index in [1.54, 1.807) is 6.20 Å². The number of nitrogens with zero attached hydrogens (tertiary/aromatic N) is 2. The Labute approximate surface area is 227 Å². The third-order valence-corrected chi connectivity index (χ3v) is 6.80. The van der Waals surface area contributed by atoms with Gasteiger partial charge in [0.05, 0.1) is 18.3 Å². The zero-order valence-electron chi connectivity index (χ0n) is 21.4. The second-order valence-electron chi connectivity index (χ2n) is 9.15. The standard InChI is InChI=1S/C30H30N4O3S/c1-3-36-23-12-10-21(11-13-23)25-14-15-26(37-25)29-28(24-9-4-5-17-31-24)33-30(38)34(29)18-16-27(35)32-22-8-6-7-20(2)19-22/h4-15,17,19,28-29H,3,16,18H2,1-2H3,(H,32,35)(H,33,38)/t28-,29+/m1/s1. The number of hydrogen-bond donors (Lipinski definition) is 2. The van der Waals surface area contributed by atoms with E-state index in [0.29, 0.717) is 18.3 Å². The maximum Gasteiger partial charge on any atom is 0.226 e. The fraction of sp³-hybridized carbons (Fsp3) is 0.233. The van der Waals surface area contributed by atoms with E-state index in [1.807, 2.05) is 97.6 Å². The molecule has 194 valence electrons. The minimum absolute atomic E-state index is 0.0760. The third kappa shape index (κ3) is 5.70. The Bertz CT molecular complexity index is 1400. The Balaban J connectivity index is 1.38. The Morgan fingerprint density at radius 1 is 1.11 bits per heavy atom. The summed E-state index contributed by atoms with van der Waals surface area (Å²) in [5.41, 5.74) is 3.68. The molecular formula is C30H30N4O3S. The second kappa shape index (κ2) is 11.5. The average Bonchev–Trinajstić information content (AvgIpc) is 3.53. The smallest absolute Gasteiger partial charge is 0.226 e. The molecule has 3 heterocycles. The molecule has 0 bridgehead atoms. The largest absolute Gasteiger partial charge is 0.494 e. The van der Waals surface area contributed by atoms with Gasteiger partial charge in [-0.25, -0.2) is 0 Å². The summed E-state index contributed by atoms with van der Waals surface area (Å²) in [5.74, 6) is 2.24. The number of amides is 1. The number of aromatic nitrogens is 1. The first-order chi connectivity index (χ1) is 18.5. The normalized spacial score (nSPS) is 16.8. The van der Waals surface area contributed by atoms with E-state index in [-0.39, 0.29) is 24.4 Å². The molecule has 7 nitrogen and oxygen atoms in total. The average molecular weight is 527 g/mol. The van der Waals surface area contributed by atoms with Gasteiger partial charge < -0.3 is 24.7 Å². The zero-order chi connectivity index (χ0) is 26.5. The van der Waals surface area contributed by atoms with Crippen molar-refractivity contribution in [1.82, 2.24) is 15.2 Å². The maximum atomic E-state index is 12.8. The lowest BCUT2D eigenvalue weighted by atomic mass is 10.0. The van der Waals surface area contributed by atoms with Gasteiger partial charge in [-0.1, -0.05) is 18.2 Å². The van der Waals surface area contributed by atoms with Crippen molar-refractivity contribution in [2.24, 2.45) is 0 Å². The van der Waals surface area contributed by atoms with E-state index in [2.05, 4.69) is 15.6 Å². The monoisotopic (exact) mass is 526 g/mol. The molecule has 5 rings (SSSR count). The summed E-state index contributed by atoms with van der Waals surface area (Å²) >= 11 is 5.73. The Morgan fingerprint density at radius 2 is 1.95 bits per heavy atom. The van der Waals surface area contributed by atoms with Crippen LogP contribution >= 0.6 is 12.2 Å². The number of carbonyl (C=O) groups excluding carboxylic acids is 1. The number of rotatable bonds is 9. The number of furan rings is 1. The fourth-order valence-electron chi connectivity index (χ4n) is 4.67. The van der Waals surface area contributed by atoms with Gasteiger partial charge in [0, 0.05) is 30.4 Å². The highest BCUT2D eigenvalue weighted by Gasteiger charge is 2.41. The molecule has 0 saturated carbocycles. The van der Waals surface area contributed by atoms with E-state index < -0.39 is 0 Å². The molecule has 0 aliphatic carbocycles. The molecule has 2 aromatic carbocycles. The van der Waals surface area contributed by atoms with Crippen molar-refractivity contribution in [2.75, 3.05) is 18.5 Å². The summed E-state index contributed by atoms with van der Waals surface area (Å²) in [7, 11) is 0. The number of benzene rings is 2. The van der Waals surface area contributed by atoms with Gasteiger partial charge in [-0.15, -0.1) is 0 Å². The lowest BCUT2D eigenvalue weighted by molar-refractivity contribution is -0.116. The van der Waals surface area contributed by atoms with Crippen LogP contribution in [0.4, 0.5) is 5.69 Å².